The molecular formula is C20H24N2O4S. The van der Waals surface area contributed by atoms with Crippen molar-refractivity contribution in [1.29, 1.82) is 0 Å². The van der Waals surface area contributed by atoms with E-state index in [0.717, 1.165) is 22.6 Å². The number of rotatable bonds is 8. The molecule has 1 aliphatic carbocycles. The minimum atomic E-state index is -0.192. The van der Waals surface area contributed by atoms with Crippen LogP contribution in [0.2, 0.25) is 0 Å². The topological polar surface area (TPSA) is 67.9 Å². The maximum atomic E-state index is 11.6. The lowest BCUT2D eigenvalue weighted by atomic mass is 10.0. The Bertz CT molecular complexity index is 799. The third-order valence-corrected chi connectivity index (χ3v) is 5.13. The molecule has 0 saturated heterocycles. The first-order valence-corrected chi connectivity index (χ1v) is 10.1. The van der Waals surface area contributed by atoms with E-state index in [1.54, 1.807) is 31.9 Å². The van der Waals surface area contributed by atoms with Gasteiger partial charge in [0.05, 0.1) is 12.3 Å². The molecule has 0 radical (unpaired) electrons. The van der Waals surface area contributed by atoms with Crippen molar-refractivity contribution < 1.29 is 19.1 Å². The number of ether oxygens (including phenoxy) is 2. The first-order chi connectivity index (χ1) is 13.0. The van der Waals surface area contributed by atoms with Crippen molar-refractivity contribution in [3.05, 3.63) is 41.4 Å². The molecule has 6 nitrogen and oxygen atoms in total. The van der Waals surface area contributed by atoms with Crippen LogP contribution in [-0.2, 0) is 14.3 Å². The normalized spacial score (nSPS) is 17.3. The van der Waals surface area contributed by atoms with Crippen LogP contribution >= 0.6 is 11.8 Å². The number of nitrogens with zero attached hydrogens (tertiary/aromatic N) is 1. The van der Waals surface area contributed by atoms with Gasteiger partial charge < -0.3 is 19.7 Å². The average Bonchev–Trinajstić information content (AvgIpc) is 3.49. The van der Waals surface area contributed by atoms with Crippen LogP contribution in [0, 0.1) is 5.92 Å². The van der Waals surface area contributed by atoms with Gasteiger partial charge in [-0.05, 0) is 50.1 Å². The van der Waals surface area contributed by atoms with Gasteiger partial charge in [-0.1, -0.05) is 0 Å². The number of benzene rings is 1. The molecule has 2 aliphatic rings. The summed E-state index contributed by atoms with van der Waals surface area (Å²) in [7, 11) is 1.66. The van der Waals surface area contributed by atoms with E-state index >= 15 is 0 Å². The third-order valence-electron chi connectivity index (χ3n) is 4.41. The smallest absolute Gasteiger partial charge is 0.262 e. The maximum absolute atomic E-state index is 11.6. The zero-order valence-electron chi connectivity index (χ0n) is 15.8. The SMILES string of the molecule is CSc1ccc(OCC2CC2)c(/C(=C/N(C)C=O)C2=C(C)NC(=O)CO2)c1. The van der Waals surface area contributed by atoms with Gasteiger partial charge in [0.1, 0.15) is 11.5 Å². The molecular weight excluding hydrogens is 364 g/mol. The molecule has 0 spiro atoms. The summed E-state index contributed by atoms with van der Waals surface area (Å²) >= 11 is 1.63. The van der Waals surface area contributed by atoms with E-state index in [0.29, 0.717) is 29.6 Å². The van der Waals surface area contributed by atoms with Crippen LogP contribution in [0.25, 0.3) is 5.57 Å². The maximum Gasteiger partial charge on any atom is 0.262 e. The minimum Gasteiger partial charge on any atom is -0.493 e. The summed E-state index contributed by atoms with van der Waals surface area (Å²) in [5.41, 5.74) is 2.14. The second-order valence-electron chi connectivity index (χ2n) is 6.72. The molecule has 27 heavy (non-hydrogen) atoms. The van der Waals surface area contributed by atoms with Gasteiger partial charge in [-0.25, -0.2) is 0 Å². The molecule has 3 rings (SSSR count). The van der Waals surface area contributed by atoms with Gasteiger partial charge in [0.15, 0.2) is 6.61 Å². The van der Waals surface area contributed by atoms with Crippen molar-refractivity contribution in [2.24, 2.45) is 5.92 Å². The molecule has 0 unspecified atom stereocenters. The fourth-order valence-corrected chi connectivity index (χ4v) is 3.22. The number of carbonyl (C=O) groups excluding carboxylic acids is 2. The first-order valence-electron chi connectivity index (χ1n) is 8.86. The van der Waals surface area contributed by atoms with Crippen molar-refractivity contribution in [2.45, 2.75) is 24.7 Å². The van der Waals surface area contributed by atoms with Crippen molar-refractivity contribution in [3.63, 3.8) is 0 Å². The number of carbonyl (C=O) groups is 2. The summed E-state index contributed by atoms with van der Waals surface area (Å²) < 4.78 is 11.8. The highest BCUT2D eigenvalue weighted by Crippen LogP contribution is 2.38. The number of hydrogen-bond donors (Lipinski definition) is 1. The molecule has 144 valence electrons. The third kappa shape index (κ3) is 4.86. The van der Waals surface area contributed by atoms with Gasteiger partial charge in [0, 0.05) is 29.3 Å². The van der Waals surface area contributed by atoms with Crippen LogP contribution in [0.3, 0.4) is 0 Å². The van der Waals surface area contributed by atoms with E-state index in [9.17, 15) is 9.59 Å². The number of hydrogen-bond acceptors (Lipinski definition) is 5. The van der Waals surface area contributed by atoms with Crippen LogP contribution in [0.1, 0.15) is 25.3 Å². The number of thioether (sulfide) groups is 1. The highest BCUT2D eigenvalue weighted by Gasteiger charge is 2.26. The van der Waals surface area contributed by atoms with E-state index in [1.807, 2.05) is 24.5 Å². The van der Waals surface area contributed by atoms with Gasteiger partial charge in [-0.2, -0.15) is 0 Å². The van der Waals surface area contributed by atoms with Crippen molar-refractivity contribution in [1.82, 2.24) is 10.2 Å². The zero-order chi connectivity index (χ0) is 19.4. The van der Waals surface area contributed by atoms with E-state index in [1.165, 1.54) is 17.7 Å². The van der Waals surface area contributed by atoms with Gasteiger partial charge >= 0.3 is 0 Å². The fourth-order valence-electron chi connectivity index (χ4n) is 2.78. The molecule has 7 heteroatoms. The average molecular weight is 388 g/mol. The summed E-state index contributed by atoms with van der Waals surface area (Å²) in [6, 6.07) is 6.00. The Morgan fingerprint density at radius 1 is 1.44 bits per heavy atom. The standard InChI is InChI=1S/C20H24N2O4S/c1-13-20(26-11-19(24)21-13)17(9-22(2)12-23)16-8-15(27-3)6-7-18(16)25-10-14-4-5-14/h6-9,12,14H,4-5,10-11H2,1-3H3,(H,21,24)/b17-9-. The van der Waals surface area contributed by atoms with Gasteiger partial charge in [0.25, 0.3) is 5.91 Å². The molecule has 1 saturated carbocycles. The molecule has 1 fully saturated rings. The van der Waals surface area contributed by atoms with Gasteiger partial charge in [0.2, 0.25) is 6.41 Å². The lowest BCUT2D eigenvalue weighted by molar-refractivity contribution is -0.124. The van der Waals surface area contributed by atoms with Crippen LogP contribution < -0.4 is 10.1 Å². The van der Waals surface area contributed by atoms with Crippen molar-refractivity contribution in [2.75, 3.05) is 26.5 Å². The second kappa shape index (κ2) is 8.52. The quantitative estimate of drug-likeness (QED) is 0.548. The Morgan fingerprint density at radius 3 is 2.85 bits per heavy atom. The molecule has 0 atom stereocenters. The van der Waals surface area contributed by atoms with Crippen LogP contribution in [0.15, 0.2) is 40.8 Å². The van der Waals surface area contributed by atoms with Crippen molar-refractivity contribution >= 4 is 29.7 Å². The molecule has 1 N–H and O–H groups in total. The fraction of sp³-hybridized carbons (Fsp3) is 0.400. The van der Waals surface area contributed by atoms with Crippen LogP contribution in [-0.4, -0.2) is 43.7 Å². The predicted molar refractivity (Wildman–Crippen MR) is 105 cm³/mol. The molecule has 1 aromatic rings. The molecule has 1 aromatic carbocycles. The predicted octanol–water partition coefficient (Wildman–Crippen LogP) is 3.00. The molecule has 2 amide bonds. The molecule has 0 aromatic heterocycles. The molecule has 0 bridgehead atoms. The summed E-state index contributed by atoms with van der Waals surface area (Å²) in [4.78, 5) is 25.4. The van der Waals surface area contributed by atoms with Gasteiger partial charge in [-0.15, -0.1) is 11.8 Å². The summed E-state index contributed by atoms with van der Waals surface area (Å²) in [6.45, 7) is 2.40. The van der Waals surface area contributed by atoms with E-state index < -0.39 is 0 Å². The number of allylic oxidation sites excluding steroid dienone is 2. The Labute approximate surface area is 163 Å². The monoisotopic (exact) mass is 388 g/mol. The Hall–Kier alpha value is -2.41. The largest absolute Gasteiger partial charge is 0.493 e. The lowest BCUT2D eigenvalue weighted by Gasteiger charge is -2.24. The van der Waals surface area contributed by atoms with Crippen LogP contribution in [0.5, 0.6) is 5.75 Å². The van der Waals surface area contributed by atoms with E-state index in [2.05, 4.69) is 5.32 Å². The Balaban J connectivity index is 2.07. The lowest BCUT2D eigenvalue weighted by Crippen LogP contribution is -2.32. The minimum absolute atomic E-state index is 0.0602. The van der Waals surface area contributed by atoms with Crippen LogP contribution in [0.4, 0.5) is 0 Å². The highest BCUT2D eigenvalue weighted by molar-refractivity contribution is 7.98. The second-order valence-corrected chi connectivity index (χ2v) is 7.60. The van der Waals surface area contributed by atoms with E-state index in [4.69, 9.17) is 9.47 Å². The van der Waals surface area contributed by atoms with E-state index in [-0.39, 0.29) is 12.5 Å². The zero-order valence-corrected chi connectivity index (χ0v) is 16.6. The summed E-state index contributed by atoms with van der Waals surface area (Å²) in [5, 5.41) is 2.80. The van der Waals surface area contributed by atoms with Crippen molar-refractivity contribution in [3.8, 4) is 5.75 Å². The summed E-state index contributed by atoms with van der Waals surface area (Å²) in [5.74, 6) is 1.71. The summed E-state index contributed by atoms with van der Waals surface area (Å²) in [6.07, 6.45) is 6.84. The Kier molecular flexibility index (Phi) is 6.11. The molecule has 1 heterocycles. The Morgan fingerprint density at radius 2 is 2.22 bits per heavy atom. The highest BCUT2D eigenvalue weighted by atomic mass is 32.2. The first kappa shape index (κ1) is 19.4. The number of amides is 2. The molecule has 1 aliphatic heterocycles. The van der Waals surface area contributed by atoms with Gasteiger partial charge in [-0.3, -0.25) is 9.59 Å². The number of nitrogens with one attached hydrogen (secondary N) is 1.